The molecule has 2 heterocycles. The number of aliphatic carboxylic acids is 4. The van der Waals surface area contributed by atoms with Gasteiger partial charge in [0.2, 0.25) is 0 Å². The summed E-state index contributed by atoms with van der Waals surface area (Å²) in [7, 11) is 0. The van der Waals surface area contributed by atoms with Gasteiger partial charge >= 0.3 is 23.9 Å². The van der Waals surface area contributed by atoms with Crippen molar-refractivity contribution in [2.75, 3.05) is 26.2 Å². The van der Waals surface area contributed by atoms with Crippen LogP contribution in [0.25, 0.3) is 21.8 Å². The van der Waals surface area contributed by atoms with Gasteiger partial charge in [-0.25, -0.2) is 9.97 Å². The topological polar surface area (TPSA) is 216 Å². The monoisotopic (exact) mass is 498 g/mol. The molecule has 0 unspecified atom stereocenters. The molecule has 0 saturated carbocycles. The average Bonchev–Trinajstić information content (AvgIpc) is 2.80. The van der Waals surface area contributed by atoms with Crippen molar-refractivity contribution in [3.05, 3.63) is 47.8 Å². The highest BCUT2D eigenvalue weighted by atomic mass is 16.4. The molecule has 2 amide bonds. The maximum Gasteiger partial charge on any atom is 0.323 e. The van der Waals surface area contributed by atoms with Crippen molar-refractivity contribution in [1.82, 2.24) is 19.8 Å². The average molecular weight is 498 g/mol. The third kappa shape index (κ3) is 5.85. The van der Waals surface area contributed by atoms with Gasteiger partial charge in [-0.3, -0.25) is 28.8 Å². The zero-order valence-electron chi connectivity index (χ0n) is 18.3. The minimum Gasteiger partial charge on any atom is -0.480 e. The lowest BCUT2D eigenvalue weighted by Crippen LogP contribution is -2.39. The molecule has 0 aliphatic carbocycles. The summed E-state index contributed by atoms with van der Waals surface area (Å²) in [5.41, 5.74) is -0.285. The van der Waals surface area contributed by atoms with E-state index in [4.69, 9.17) is 20.4 Å². The van der Waals surface area contributed by atoms with Crippen LogP contribution in [0.1, 0.15) is 21.0 Å². The number of amides is 2. The maximum absolute atomic E-state index is 12.8. The van der Waals surface area contributed by atoms with Gasteiger partial charge in [0.15, 0.2) is 0 Å². The van der Waals surface area contributed by atoms with Gasteiger partial charge in [-0.2, -0.15) is 0 Å². The Balaban J connectivity index is 2.09. The van der Waals surface area contributed by atoms with Crippen LogP contribution in [-0.2, 0) is 19.2 Å². The van der Waals surface area contributed by atoms with Crippen LogP contribution in [0, 0.1) is 0 Å². The SMILES string of the molecule is O=C(O)CN(CC(=O)O)C(=O)c1ccc2ccc3ccc(C(=O)N(CC(=O)O)CC(=O)O)nc3c2n1. The summed E-state index contributed by atoms with van der Waals surface area (Å²) in [4.78, 5) is 79.6. The lowest BCUT2D eigenvalue weighted by molar-refractivity contribution is -0.142. The largest absolute Gasteiger partial charge is 0.480 e. The minimum atomic E-state index is -1.42. The zero-order valence-corrected chi connectivity index (χ0v) is 18.3. The number of carbonyl (C=O) groups is 6. The van der Waals surface area contributed by atoms with Gasteiger partial charge < -0.3 is 30.2 Å². The highest BCUT2D eigenvalue weighted by molar-refractivity contribution is 6.07. The molecule has 4 N–H and O–H groups in total. The van der Waals surface area contributed by atoms with Crippen molar-refractivity contribution in [1.29, 1.82) is 0 Å². The first kappa shape index (κ1) is 25.5. The Morgan fingerprint density at radius 1 is 0.528 bits per heavy atom. The first-order valence-corrected chi connectivity index (χ1v) is 10.1. The van der Waals surface area contributed by atoms with Crippen molar-refractivity contribution in [3.8, 4) is 0 Å². The first-order chi connectivity index (χ1) is 17.0. The number of pyridine rings is 2. The van der Waals surface area contributed by atoms with E-state index in [-0.39, 0.29) is 22.4 Å². The molecule has 0 aliphatic rings. The van der Waals surface area contributed by atoms with Gasteiger partial charge in [0.1, 0.15) is 37.6 Å². The lowest BCUT2D eigenvalue weighted by Gasteiger charge is -2.19. The Kier molecular flexibility index (Phi) is 7.37. The predicted octanol–water partition coefficient (Wildman–Crippen LogP) is 0.00580. The molecular weight excluding hydrogens is 480 g/mol. The van der Waals surface area contributed by atoms with Crippen molar-refractivity contribution < 1.29 is 49.2 Å². The molecule has 1 aromatic carbocycles. The van der Waals surface area contributed by atoms with E-state index < -0.39 is 61.9 Å². The van der Waals surface area contributed by atoms with E-state index in [2.05, 4.69) is 9.97 Å². The molecule has 14 nitrogen and oxygen atoms in total. The number of hydrogen-bond donors (Lipinski definition) is 4. The molecule has 0 saturated heterocycles. The molecule has 186 valence electrons. The Bertz CT molecular complexity index is 1280. The van der Waals surface area contributed by atoms with Gasteiger partial charge in [0.05, 0.1) is 11.0 Å². The minimum absolute atomic E-state index is 0.126. The summed E-state index contributed by atoms with van der Waals surface area (Å²) in [5, 5.41) is 37.0. The molecule has 2 aromatic heterocycles. The third-order valence-electron chi connectivity index (χ3n) is 4.84. The maximum atomic E-state index is 12.8. The number of nitrogens with zero attached hydrogens (tertiary/aromatic N) is 4. The second-order valence-electron chi connectivity index (χ2n) is 7.50. The molecule has 0 aliphatic heterocycles. The van der Waals surface area contributed by atoms with Crippen LogP contribution in [0.2, 0.25) is 0 Å². The Labute approximate surface area is 201 Å². The van der Waals surface area contributed by atoms with Gasteiger partial charge in [0, 0.05) is 10.8 Å². The molecule has 14 heteroatoms. The predicted molar refractivity (Wildman–Crippen MR) is 119 cm³/mol. The quantitative estimate of drug-likeness (QED) is 0.272. The van der Waals surface area contributed by atoms with Crippen molar-refractivity contribution in [3.63, 3.8) is 0 Å². The number of rotatable bonds is 10. The molecule has 0 fully saturated rings. The molecule has 3 rings (SSSR count). The van der Waals surface area contributed by atoms with Gasteiger partial charge in [-0.1, -0.05) is 24.3 Å². The van der Waals surface area contributed by atoms with Crippen molar-refractivity contribution >= 4 is 57.5 Å². The van der Waals surface area contributed by atoms with Gasteiger partial charge in [0.25, 0.3) is 11.8 Å². The Hall–Kier alpha value is -5.14. The Morgan fingerprint density at radius 3 is 1.08 bits per heavy atom. The summed E-state index contributed by atoms with van der Waals surface area (Å²) in [6, 6.07) is 8.82. The molecule has 3 aromatic rings. The number of fused-ring (bicyclic) bond motifs is 3. The fraction of sp³-hybridized carbons (Fsp3) is 0.182. The highest BCUT2D eigenvalue weighted by Crippen LogP contribution is 2.24. The van der Waals surface area contributed by atoms with E-state index >= 15 is 0 Å². The van der Waals surface area contributed by atoms with Crippen LogP contribution in [0.5, 0.6) is 0 Å². The first-order valence-electron chi connectivity index (χ1n) is 10.1. The van der Waals surface area contributed by atoms with Gasteiger partial charge in [-0.15, -0.1) is 0 Å². The molecule has 0 bridgehead atoms. The number of carboxylic acids is 4. The summed E-state index contributed by atoms with van der Waals surface area (Å²) in [6.45, 7) is -3.50. The lowest BCUT2D eigenvalue weighted by atomic mass is 10.1. The van der Waals surface area contributed by atoms with E-state index in [9.17, 15) is 28.8 Å². The second-order valence-corrected chi connectivity index (χ2v) is 7.50. The summed E-state index contributed by atoms with van der Waals surface area (Å²) >= 11 is 0. The number of carbonyl (C=O) groups excluding carboxylic acids is 2. The molecular formula is C22H18N4O10. The smallest absolute Gasteiger partial charge is 0.323 e. The number of carboxylic acid groups (broad SMARTS) is 4. The Morgan fingerprint density at radius 2 is 0.806 bits per heavy atom. The molecule has 0 spiro atoms. The van der Waals surface area contributed by atoms with Crippen LogP contribution < -0.4 is 0 Å². The normalized spacial score (nSPS) is 10.7. The van der Waals surface area contributed by atoms with Crippen LogP contribution in [0.15, 0.2) is 36.4 Å². The molecule has 0 atom stereocenters. The highest BCUT2D eigenvalue weighted by Gasteiger charge is 2.24. The van der Waals surface area contributed by atoms with Crippen LogP contribution >= 0.6 is 0 Å². The second kappa shape index (κ2) is 10.4. The fourth-order valence-electron chi connectivity index (χ4n) is 3.38. The number of aromatic nitrogens is 2. The van der Waals surface area contributed by atoms with E-state index in [0.29, 0.717) is 20.6 Å². The van der Waals surface area contributed by atoms with Crippen LogP contribution in [0.3, 0.4) is 0 Å². The summed E-state index contributed by atoms with van der Waals surface area (Å²) in [5.74, 6) is -7.61. The summed E-state index contributed by atoms with van der Waals surface area (Å²) < 4.78 is 0. The molecule has 0 radical (unpaired) electrons. The van der Waals surface area contributed by atoms with E-state index in [1.165, 1.54) is 24.3 Å². The van der Waals surface area contributed by atoms with Crippen LogP contribution in [0.4, 0.5) is 0 Å². The van der Waals surface area contributed by atoms with Crippen LogP contribution in [-0.4, -0.2) is 102 Å². The number of benzene rings is 1. The van der Waals surface area contributed by atoms with E-state index in [1.807, 2.05) is 0 Å². The zero-order chi connectivity index (χ0) is 26.6. The summed E-state index contributed by atoms with van der Waals surface area (Å²) in [6.07, 6.45) is 0. The fourth-order valence-corrected chi connectivity index (χ4v) is 3.38. The number of hydrogen-bond acceptors (Lipinski definition) is 8. The molecule has 36 heavy (non-hydrogen) atoms. The standard InChI is InChI=1S/C22H18N4O10/c27-15(28)7-25(8-16(29)30)21(35)13-5-3-11-1-2-12-4-6-14(24-20(12)19(11)23-13)22(36)26(9-17(31)32)10-18(33)34/h1-6H,7-10H2,(H,27,28)(H,29,30)(H,31,32)(H,33,34). The van der Waals surface area contributed by atoms with Crippen molar-refractivity contribution in [2.45, 2.75) is 0 Å². The van der Waals surface area contributed by atoms with E-state index in [0.717, 1.165) is 0 Å². The van der Waals surface area contributed by atoms with Gasteiger partial charge in [-0.05, 0) is 12.1 Å². The van der Waals surface area contributed by atoms with E-state index in [1.54, 1.807) is 12.1 Å². The van der Waals surface area contributed by atoms with Crippen molar-refractivity contribution in [2.24, 2.45) is 0 Å². The third-order valence-corrected chi connectivity index (χ3v) is 4.84.